The van der Waals surface area contributed by atoms with Crippen molar-refractivity contribution in [2.75, 3.05) is 6.54 Å². The molecule has 0 spiro atoms. The summed E-state index contributed by atoms with van der Waals surface area (Å²) in [5, 5.41) is 7.22. The first-order valence-electron chi connectivity index (χ1n) is 9.30. The lowest BCUT2D eigenvalue weighted by molar-refractivity contribution is -0.120. The molecule has 0 saturated carbocycles. The average molecular weight is 388 g/mol. The third kappa shape index (κ3) is 4.26. The van der Waals surface area contributed by atoms with Crippen molar-refractivity contribution in [3.05, 3.63) is 82.3 Å². The minimum absolute atomic E-state index is 0.0210. The van der Waals surface area contributed by atoms with Gasteiger partial charge in [-0.15, -0.1) is 11.3 Å². The molecule has 0 aliphatic heterocycles. The molecule has 2 aromatic carbocycles. The smallest absolute Gasteiger partial charge is 0.224 e. The second-order valence-corrected chi connectivity index (χ2v) is 7.78. The van der Waals surface area contributed by atoms with Gasteiger partial charge < -0.3 is 5.32 Å². The molecule has 0 aliphatic rings. The van der Waals surface area contributed by atoms with Crippen molar-refractivity contribution in [3.63, 3.8) is 0 Å². The van der Waals surface area contributed by atoms with E-state index in [2.05, 4.69) is 44.9 Å². The molecule has 2 heterocycles. The minimum atomic E-state index is 0.0210. The molecule has 140 valence electrons. The number of pyridine rings is 1. The Balaban J connectivity index is 1.31. The van der Waals surface area contributed by atoms with Gasteiger partial charge in [0.2, 0.25) is 5.91 Å². The molecule has 4 aromatic rings. The number of fused-ring (bicyclic) bond motifs is 1. The lowest BCUT2D eigenvalue weighted by Crippen LogP contribution is -2.27. The van der Waals surface area contributed by atoms with Crippen molar-refractivity contribution in [2.24, 2.45) is 0 Å². The molecule has 2 aromatic heterocycles. The van der Waals surface area contributed by atoms with Gasteiger partial charge in [0.1, 0.15) is 0 Å². The normalized spacial score (nSPS) is 10.9. The molecule has 0 aliphatic carbocycles. The lowest BCUT2D eigenvalue weighted by Gasteiger charge is -2.08. The molecule has 4 nitrogen and oxygen atoms in total. The highest BCUT2D eigenvalue weighted by Gasteiger charge is 2.08. The van der Waals surface area contributed by atoms with Crippen LogP contribution >= 0.6 is 11.3 Å². The summed E-state index contributed by atoms with van der Waals surface area (Å²) in [5.74, 6) is 0.0210. The predicted molar refractivity (Wildman–Crippen MR) is 114 cm³/mol. The Morgan fingerprint density at radius 2 is 1.89 bits per heavy atom. The van der Waals surface area contributed by atoms with Crippen molar-refractivity contribution >= 4 is 28.1 Å². The zero-order valence-electron chi connectivity index (χ0n) is 15.7. The molecule has 0 radical (unpaired) electrons. The number of rotatable bonds is 6. The molecular weight excluding hydrogens is 366 g/mol. The van der Waals surface area contributed by atoms with Crippen molar-refractivity contribution in [3.8, 4) is 11.3 Å². The Hall–Kier alpha value is -3.05. The molecule has 0 bridgehead atoms. The summed E-state index contributed by atoms with van der Waals surface area (Å²) in [6, 6.07) is 18.3. The summed E-state index contributed by atoms with van der Waals surface area (Å²) in [5.41, 5.74) is 5.20. The number of benzene rings is 2. The van der Waals surface area contributed by atoms with E-state index in [-0.39, 0.29) is 5.91 Å². The zero-order valence-corrected chi connectivity index (χ0v) is 16.5. The van der Waals surface area contributed by atoms with Crippen LogP contribution in [0.2, 0.25) is 0 Å². The zero-order chi connectivity index (χ0) is 19.3. The third-order valence-corrected chi connectivity index (χ3v) is 5.45. The van der Waals surface area contributed by atoms with Gasteiger partial charge in [0.15, 0.2) is 0 Å². The number of nitrogens with zero attached hydrogens (tertiary/aromatic N) is 2. The van der Waals surface area contributed by atoms with Gasteiger partial charge in [0, 0.05) is 29.1 Å². The van der Waals surface area contributed by atoms with Gasteiger partial charge in [0.05, 0.1) is 22.6 Å². The number of aryl methyl sites for hydroxylation is 1. The van der Waals surface area contributed by atoms with Crippen LogP contribution in [0.5, 0.6) is 0 Å². The van der Waals surface area contributed by atoms with E-state index in [1.807, 2.05) is 37.3 Å². The van der Waals surface area contributed by atoms with E-state index in [0.717, 1.165) is 39.2 Å². The standard InChI is InChI=1S/C23H21N3OS/c1-16-26-21(15-28-16)18-9-7-17(8-10-18)11-13-24-22(27)14-20-5-2-4-19-6-3-12-25-23(19)20/h2-10,12,15H,11,13-14H2,1H3,(H,24,27). The van der Waals surface area contributed by atoms with Crippen molar-refractivity contribution in [1.82, 2.24) is 15.3 Å². The molecule has 1 amide bonds. The summed E-state index contributed by atoms with van der Waals surface area (Å²) in [6.07, 6.45) is 2.91. The quantitative estimate of drug-likeness (QED) is 0.527. The molecule has 0 atom stereocenters. The average Bonchev–Trinajstić information content (AvgIpc) is 3.15. The number of carbonyl (C=O) groups is 1. The number of para-hydroxylation sites is 1. The number of thiazole rings is 1. The van der Waals surface area contributed by atoms with Crippen LogP contribution in [-0.4, -0.2) is 22.4 Å². The van der Waals surface area contributed by atoms with Crippen LogP contribution in [0, 0.1) is 6.92 Å². The molecule has 0 saturated heterocycles. The molecular formula is C23H21N3OS. The monoisotopic (exact) mass is 387 g/mol. The van der Waals surface area contributed by atoms with E-state index >= 15 is 0 Å². The first-order chi connectivity index (χ1) is 13.7. The van der Waals surface area contributed by atoms with Crippen LogP contribution in [0.4, 0.5) is 0 Å². The fraction of sp³-hybridized carbons (Fsp3) is 0.174. The Morgan fingerprint density at radius 3 is 2.68 bits per heavy atom. The number of carbonyl (C=O) groups excluding carboxylic acids is 1. The number of nitrogens with one attached hydrogen (secondary N) is 1. The second-order valence-electron chi connectivity index (χ2n) is 6.72. The maximum atomic E-state index is 12.3. The summed E-state index contributed by atoms with van der Waals surface area (Å²) in [6.45, 7) is 2.63. The Morgan fingerprint density at radius 1 is 1.07 bits per heavy atom. The molecule has 5 heteroatoms. The fourth-order valence-corrected chi connectivity index (χ4v) is 3.85. The van der Waals surface area contributed by atoms with Crippen molar-refractivity contribution < 1.29 is 4.79 Å². The second kappa shape index (κ2) is 8.31. The van der Waals surface area contributed by atoms with Crippen molar-refractivity contribution in [1.29, 1.82) is 0 Å². The van der Waals surface area contributed by atoms with Crippen molar-refractivity contribution in [2.45, 2.75) is 19.8 Å². The molecule has 4 rings (SSSR count). The van der Waals surface area contributed by atoms with E-state index in [4.69, 9.17) is 0 Å². The van der Waals surface area contributed by atoms with Gasteiger partial charge in [-0.1, -0.05) is 48.5 Å². The van der Waals surface area contributed by atoms with E-state index in [1.54, 1.807) is 17.5 Å². The van der Waals surface area contributed by atoms with Crippen LogP contribution < -0.4 is 5.32 Å². The largest absolute Gasteiger partial charge is 0.355 e. The molecule has 1 N–H and O–H groups in total. The summed E-state index contributed by atoms with van der Waals surface area (Å²) >= 11 is 1.66. The number of aromatic nitrogens is 2. The van der Waals surface area contributed by atoms with Crippen LogP contribution in [0.3, 0.4) is 0 Å². The summed E-state index contributed by atoms with van der Waals surface area (Å²) < 4.78 is 0. The van der Waals surface area contributed by atoms with Crippen LogP contribution in [0.15, 0.2) is 66.2 Å². The van der Waals surface area contributed by atoms with Gasteiger partial charge in [-0.3, -0.25) is 9.78 Å². The van der Waals surface area contributed by atoms with Gasteiger partial charge in [-0.05, 0) is 30.5 Å². The van der Waals surface area contributed by atoms with E-state index in [1.165, 1.54) is 5.56 Å². The summed E-state index contributed by atoms with van der Waals surface area (Å²) in [7, 11) is 0. The van der Waals surface area contributed by atoms with E-state index in [0.29, 0.717) is 13.0 Å². The molecule has 28 heavy (non-hydrogen) atoms. The van der Waals surface area contributed by atoms with Crippen LogP contribution in [0.25, 0.3) is 22.2 Å². The van der Waals surface area contributed by atoms with Crippen LogP contribution in [0.1, 0.15) is 16.1 Å². The third-order valence-electron chi connectivity index (χ3n) is 4.67. The minimum Gasteiger partial charge on any atom is -0.355 e. The van der Waals surface area contributed by atoms with E-state index in [9.17, 15) is 4.79 Å². The van der Waals surface area contributed by atoms with Gasteiger partial charge in [-0.2, -0.15) is 0 Å². The number of hydrogen-bond acceptors (Lipinski definition) is 4. The van der Waals surface area contributed by atoms with Gasteiger partial charge in [0.25, 0.3) is 0 Å². The van der Waals surface area contributed by atoms with Crippen LogP contribution in [-0.2, 0) is 17.6 Å². The SMILES string of the molecule is Cc1nc(-c2ccc(CCNC(=O)Cc3cccc4cccnc34)cc2)cs1. The highest BCUT2D eigenvalue weighted by molar-refractivity contribution is 7.09. The molecule has 0 unspecified atom stereocenters. The van der Waals surface area contributed by atoms with Gasteiger partial charge in [-0.25, -0.2) is 4.98 Å². The Labute approximate surface area is 168 Å². The van der Waals surface area contributed by atoms with Gasteiger partial charge >= 0.3 is 0 Å². The first kappa shape index (κ1) is 18.3. The summed E-state index contributed by atoms with van der Waals surface area (Å²) in [4.78, 5) is 21.3. The molecule has 0 fully saturated rings. The predicted octanol–water partition coefficient (Wildman–Crippen LogP) is 4.57. The maximum absolute atomic E-state index is 12.3. The Bertz CT molecular complexity index is 1100. The number of hydrogen-bond donors (Lipinski definition) is 1. The highest BCUT2D eigenvalue weighted by Crippen LogP contribution is 2.22. The topological polar surface area (TPSA) is 54.9 Å². The fourth-order valence-electron chi connectivity index (χ4n) is 3.23. The van der Waals surface area contributed by atoms with E-state index < -0.39 is 0 Å². The highest BCUT2D eigenvalue weighted by atomic mass is 32.1. The lowest BCUT2D eigenvalue weighted by atomic mass is 10.1. The Kier molecular flexibility index (Phi) is 5.44. The number of amides is 1. The maximum Gasteiger partial charge on any atom is 0.224 e. The first-order valence-corrected chi connectivity index (χ1v) is 10.2.